The van der Waals surface area contributed by atoms with Gasteiger partial charge >= 0.3 is 12.1 Å². The fourth-order valence-corrected chi connectivity index (χ4v) is 5.79. The molecule has 0 radical (unpaired) electrons. The van der Waals surface area contributed by atoms with Gasteiger partial charge in [-0.25, -0.2) is 14.0 Å². The molecule has 2 fully saturated rings. The molecule has 0 aromatic heterocycles. The van der Waals surface area contributed by atoms with Crippen molar-refractivity contribution < 1.29 is 28.6 Å². The highest BCUT2D eigenvalue weighted by molar-refractivity contribution is 6.30. The zero-order chi connectivity index (χ0) is 27.5. The van der Waals surface area contributed by atoms with Gasteiger partial charge in [-0.2, -0.15) is 0 Å². The predicted octanol–water partition coefficient (Wildman–Crippen LogP) is 3.84. The Morgan fingerprint density at radius 1 is 1.18 bits per heavy atom. The van der Waals surface area contributed by atoms with Crippen molar-refractivity contribution in [2.75, 3.05) is 46.9 Å². The Kier molecular flexibility index (Phi) is 12.4. The highest BCUT2D eigenvalue weighted by Crippen LogP contribution is 2.36. The van der Waals surface area contributed by atoms with Crippen molar-refractivity contribution in [2.45, 2.75) is 63.2 Å². The number of rotatable bonds is 11. The number of hydrogen-bond donors (Lipinski definition) is 4. The number of aliphatic hydroxyl groups excluding tert-OH is 1. The molecule has 2 aliphatic rings. The zero-order valence-corrected chi connectivity index (χ0v) is 23.1. The summed E-state index contributed by atoms with van der Waals surface area (Å²) < 4.78 is 25.7. The molecule has 1 aliphatic carbocycles. The maximum atomic E-state index is 15.0. The van der Waals surface area contributed by atoms with Gasteiger partial charge < -0.3 is 35.4 Å². The van der Waals surface area contributed by atoms with Crippen LogP contribution in [0.4, 0.5) is 14.0 Å². The highest BCUT2D eigenvalue weighted by Gasteiger charge is 2.35. The molecule has 1 saturated heterocycles. The Balaban J connectivity index is 1.69. The summed E-state index contributed by atoms with van der Waals surface area (Å²) in [4.78, 5) is 26.4. The van der Waals surface area contributed by atoms with Crippen molar-refractivity contribution in [3.8, 4) is 0 Å². The average molecular weight is 557 g/mol. The van der Waals surface area contributed by atoms with Crippen LogP contribution in [0.3, 0.4) is 0 Å². The lowest BCUT2D eigenvalue weighted by Crippen LogP contribution is -2.56. The minimum absolute atomic E-state index is 0.000743. The number of aliphatic hydroxyl groups is 1. The first-order valence-electron chi connectivity index (χ1n) is 13.6. The number of carbonyl (C=O) groups is 2. The summed E-state index contributed by atoms with van der Waals surface area (Å²) >= 11 is 6.07. The van der Waals surface area contributed by atoms with Crippen molar-refractivity contribution in [3.63, 3.8) is 0 Å². The van der Waals surface area contributed by atoms with Gasteiger partial charge in [0, 0.05) is 37.7 Å². The van der Waals surface area contributed by atoms with E-state index < -0.39 is 30.2 Å². The van der Waals surface area contributed by atoms with Crippen LogP contribution in [0.5, 0.6) is 0 Å². The Morgan fingerprint density at radius 3 is 2.63 bits per heavy atom. The van der Waals surface area contributed by atoms with E-state index >= 15 is 4.39 Å². The topological polar surface area (TPSA) is 112 Å². The molecule has 214 valence electrons. The minimum Gasteiger partial charge on any atom is -0.453 e. The molecular formula is C27H42ClFN4O5. The number of nitrogens with one attached hydrogen (secondary N) is 3. The minimum atomic E-state index is -0.662. The number of halogens is 2. The molecule has 1 saturated carbocycles. The molecule has 0 bridgehead atoms. The fourth-order valence-electron chi connectivity index (χ4n) is 5.60. The fraction of sp³-hybridized carbons (Fsp3) is 0.704. The number of methoxy groups -OCH3 is 1. The second kappa shape index (κ2) is 15.5. The normalized spacial score (nSPS) is 20.9. The molecule has 38 heavy (non-hydrogen) atoms. The van der Waals surface area contributed by atoms with Gasteiger partial charge in [0.1, 0.15) is 5.82 Å². The quantitative estimate of drug-likeness (QED) is 0.308. The third-order valence-corrected chi connectivity index (χ3v) is 7.89. The maximum absolute atomic E-state index is 15.0. The number of ether oxygens (including phenoxy) is 2. The lowest BCUT2D eigenvalue weighted by molar-refractivity contribution is -0.0113. The lowest BCUT2D eigenvalue weighted by atomic mass is 9.82. The third kappa shape index (κ3) is 8.43. The largest absolute Gasteiger partial charge is 0.453 e. The monoisotopic (exact) mass is 556 g/mol. The number of amides is 3. The van der Waals surface area contributed by atoms with Crippen LogP contribution >= 0.6 is 11.6 Å². The number of urea groups is 1. The summed E-state index contributed by atoms with van der Waals surface area (Å²) in [7, 11) is 3.08. The van der Waals surface area contributed by atoms with E-state index in [9.17, 15) is 14.7 Å². The van der Waals surface area contributed by atoms with Gasteiger partial charge in [0.2, 0.25) is 0 Å². The van der Waals surface area contributed by atoms with Crippen LogP contribution in [0.1, 0.15) is 56.6 Å². The SMILES string of the molecule is CNC[C@@H](NC(=O)N1CCC[C@@H]([C@@H](OCCNC(=O)OC)c2cccc(Cl)c2F)C1)[C@@H](O)C1CCCCC1. The van der Waals surface area contributed by atoms with Crippen LogP contribution in [0.25, 0.3) is 0 Å². The number of hydrogen-bond acceptors (Lipinski definition) is 6. The molecule has 4 atom stereocenters. The lowest BCUT2D eigenvalue weighted by Gasteiger charge is -2.39. The number of alkyl carbamates (subject to hydrolysis) is 1. The van der Waals surface area contributed by atoms with Gasteiger partial charge in [0.05, 0.1) is 37.0 Å². The van der Waals surface area contributed by atoms with E-state index in [-0.39, 0.29) is 36.0 Å². The molecule has 9 nitrogen and oxygen atoms in total. The third-order valence-electron chi connectivity index (χ3n) is 7.59. The molecule has 1 aliphatic heterocycles. The first-order valence-corrected chi connectivity index (χ1v) is 14.0. The molecule has 11 heteroatoms. The van der Waals surface area contributed by atoms with Crippen molar-refractivity contribution in [2.24, 2.45) is 11.8 Å². The number of likely N-dealkylation sites (N-methyl/N-ethyl adjacent to an activating group) is 1. The molecule has 1 aromatic rings. The van der Waals surface area contributed by atoms with E-state index in [0.29, 0.717) is 25.2 Å². The zero-order valence-electron chi connectivity index (χ0n) is 22.4. The summed E-state index contributed by atoms with van der Waals surface area (Å²) in [6.07, 6.45) is 4.94. The second-order valence-corrected chi connectivity index (χ2v) is 10.6. The van der Waals surface area contributed by atoms with E-state index in [1.54, 1.807) is 24.1 Å². The Bertz CT molecular complexity index is 904. The van der Waals surface area contributed by atoms with Gasteiger partial charge in [-0.1, -0.05) is 43.0 Å². The number of carbonyl (C=O) groups excluding carboxylic acids is 2. The molecule has 0 unspecified atom stereocenters. The van der Waals surface area contributed by atoms with E-state index in [1.807, 2.05) is 0 Å². The first-order chi connectivity index (χ1) is 18.3. The van der Waals surface area contributed by atoms with Gasteiger partial charge in [0.15, 0.2) is 0 Å². The van der Waals surface area contributed by atoms with Crippen LogP contribution < -0.4 is 16.0 Å². The summed E-state index contributed by atoms with van der Waals surface area (Å²) in [6.45, 7) is 1.70. The van der Waals surface area contributed by atoms with Crippen LogP contribution in [0.2, 0.25) is 5.02 Å². The van der Waals surface area contributed by atoms with Crippen molar-refractivity contribution >= 4 is 23.7 Å². The second-order valence-electron chi connectivity index (χ2n) is 10.2. The van der Waals surface area contributed by atoms with E-state index in [0.717, 1.165) is 38.5 Å². The highest BCUT2D eigenvalue weighted by atomic mass is 35.5. The summed E-state index contributed by atoms with van der Waals surface area (Å²) in [5.74, 6) is -0.559. The van der Waals surface area contributed by atoms with E-state index in [4.69, 9.17) is 16.3 Å². The molecule has 0 spiro atoms. The van der Waals surface area contributed by atoms with E-state index in [2.05, 4.69) is 20.7 Å². The maximum Gasteiger partial charge on any atom is 0.406 e. The summed E-state index contributed by atoms with van der Waals surface area (Å²) in [6, 6.07) is 4.14. The van der Waals surface area contributed by atoms with Crippen LogP contribution in [-0.2, 0) is 9.47 Å². The number of benzene rings is 1. The Morgan fingerprint density at radius 2 is 1.92 bits per heavy atom. The first kappa shape index (κ1) is 30.4. The van der Waals surface area contributed by atoms with Crippen molar-refractivity contribution in [1.29, 1.82) is 0 Å². The number of nitrogens with zero attached hydrogens (tertiary/aromatic N) is 1. The molecule has 3 rings (SSSR count). The standard InChI is InChI=1S/C27H42ClFN4O5/c1-30-16-22(24(34)18-8-4-3-5-9-18)32-26(35)33-14-7-10-19(17-33)25(38-15-13-31-27(36)37-2)20-11-6-12-21(28)23(20)29/h6,11-12,18-19,22,24-25,30,34H,3-5,7-10,13-17H2,1-2H3,(H,31,36)(H,32,35)/t19-,22-,24+,25-/m1/s1. The summed E-state index contributed by atoms with van der Waals surface area (Å²) in [5, 5.41) is 19.7. The van der Waals surface area contributed by atoms with Crippen LogP contribution in [-0.4, -0.2) is 81.2 Å². The van der Waals surface area contributed by atoms with Gasteiger partial charge in [-0.3, -0.25) is 0 Å². The van der Waals surface area contributed by atoms with Gasteiger partial charge in [0.25, 0.3) is 0 Å². The number of piperidine rings is 1. The summed E-state index contributed by atoms with van der Waals surface area (Å²) in [5.41, 5.74) is 0.323. The molecule has 3 amide bonds. The van der Waals surface area contributed by atoms with Gasteiger partial charge in [-0.05, 0) is 44.7 Å². The molecule has 1 heterocycles. The average Bonchev–Trinajstić information content (AvgIpc) is 2.94. The molecular weight excluding hydrogens is 515 g/mol. The van der Waals surface area contributed by atoms with Gasteiger partial charge in [-0.15, -0.1) is 0 Å². The Labute approximate surface area is 229 Å². The van der Waals surface area contributed by atoms with Crippen LogP contribution in [0, 0.1) is 17.7 Å². The van der Waals surface area contributed by atoms with Crippen molar-refractivity contribution in [1.82, 2.24) is 20.9 Å². The molecule has 1 aromatic carbocycles. The number of likely N-dealkylation sites (tertiary alicyclic amines) is 1. The molecule has 4 N–H and O–H groups in total. The van der Waals surface area contributed by atoms with Crippen LogP contribution in [0.15, 0.2) is 18.2 Å². The van der Waals surface area contributed by atoms with E-state index in [1.165, 1.54) is 19.6 Å². The smallest absolute Gasteiger partial charge is 0.406 e. The predicted molar refractivity (Wildman–Crippen MR) is 144 cm³/mol. The van der Waals surface area contributed by atoms with Crippen molar-refractivity contribution in [3.05, 3.63) is 34.6 Å². The Hall–Kier alpha value is -2.14.